The first kappa shape index (κ1) is 18.4. The Morgan fingerprint density at radius 2 is 2.09 bits per heavy atom. The van der Waals surface area contributed by atoms with Crippen LogP contribution in [-0.2, 0) is 16.0 Å². The third-order valence-corrected chi connectivity index (χ3v) is 4.91. The summed E-state index contributed by atoms with van der Waals surface area (Å²) in [5.74, 6) is 0.391. The first-order chi connectivity index (χ1) is 10.9. The number of amides is 1. The van der Waals surface area contributed by atoms with Crippen LogP contribution < -0.4 is 5.32 Å². The van der Waals surface area contributed by atoms with Crippen molar-refractivity contribution in [2.45, 2.75) is 59.3 Å². The number of aryl methyl sites for hydroxylation is 1. The Balaban J connectivity index is 1.90. The monoisotopic (exact) mass is 339 g/mol. The average Bonchev–Trinajstić information content (AvgIpc) is 2.83. The number of hydrogen-bond donors (Lipinski definition) is 1. The molecule has 5 nitrogen and oxygen atoms in total. The maximum absolute atomic E-state index is 12.7. The van der Waals surface area contributed by atoms with Crippen molar-refractivity contribution in [2.75, 3.05) is 19.6 Å². The molecule has 6 heteroatoms. The minimum absolute atomic E-state index is 0.0963. The lowest BCUT2D eigenvalue weighted by atomic mass is 9.99. The average molecular weight is 340 g/mol. The normalized spacial score (nSPS) is 23.9. The third-order valence-electron chi connectivity index (χ3n) is 4.09. The molecule has 1 amide bonds. The molecule has 0 radical (unpaired) electrons. The van der Waals surface area contributed by atoms with Gasteiger partial charge in [-0.1, -0.05) is 13.8 Å². The fourth-order valence-electron chi connectivity index (χ4n) is 3.28. The fraction of sp³-hybridized carbons (Fsp3) is 0.765. The summed E-state index contributed by atoms with van der Waals surface area (Å²) in [6, 6.07) is -0.0963. The predicted octanol–water partition coefficient (Wildman–Crippen LogP) is 2.24. The molecule has 1 aromatic rings. The van der Waals surface area contributed by atoms with Crippen molar-refractivity contribution in [3.8, 4) is 0 Å². The number of aromatic nitrogens is 1. The number of carbonyl (C=O) groups is 1. The van der Waals surface area contributed by atoms with E-state index in [1.54, 1.807) is 11.3 Å². The minimum atomic E-state index is -0.0963. The number of hydrogen-bond acceptors (Lipinski definition) is 5. The van der Waals surface area contributed by atoms with E-state index in [4.69, 9.17) is 4.74 Å². The molecule has 1 aliphatic rings. The van der Waals surface area contributed by atoms with Gasteiger partial charge in [0.1, 0.15) is 0 Å². The molecule has 1 fully saturated rings. The highest BCUT2D eigenvalue weighted by molar-refractivity contribution is 7.09. The van der Waals surface area contributed by atoms with Crippen molar-refractivity contribution >= 4 is 17.2 Å². The Morgan fingerprint density at radius 1 is 1.43 bits per heavy atom. The highest BCUT2D eigenvalue weighted by Crippen LogP contribution is 2.18. The number of nitrogens with zero attached hydrogens (tertiary/aromatic N) is 2. The summed E-state index contributed by atoms with van der Waals surface area (Å²) in [7, 11) is 0. The minimum Gasteiger partial charge on any atom is -0.373 e. The van der Waals surface area contributed by atoms with Gasteiger partial charge in [0, 0.05) is 31.4 Å². The van der Waals surface area contributed by atoms with Crippen LogP contribution >= 0.6 is 11.3 Å². The van der Waals surface area contributed by atoms with Crippen molar-refractivity contribution in [1.29, 1.82) is 0 Å². The Hall–Kier alpha value is -0.980. The van der Waals surface area contributed by atoms with Gasteiger partial charge in [0.05, 0.1) is 29.0 Å². The standard InChI is InChI=1S/C17H29N3O2S/c1-11(2)16(20-8-12(3)22-13(4)9-20)17(21)18-7-6-15-10-23-14(5)19-15/h10-13,16H,6-9H2,1-5H3,(H,18,21)/t12-,13-,16+/m1/s1. The summed E-state index contributed by atoms with van der Waals surface area (Å²) < 4.78 is 5.79. The van der Waals surface area contributed by atoms with Gasteiger partial charge in [0.25, 0.3) is 0 Å². The number of ether oxygens (including phenoxy) is 1. The van der Waals surface area contributed by atoms with Gasteiger partial charge in [-0.3, -0.25) is 9.69 Å². The van der Waals surface area contributed by atoms with E-state index in [0.29, 0.717) is 6.54 Å². The zero-order valence-corrected chi connectivity index (χ0v) is 15.7. The lowest BCUT2D eigenvalue weighted by Crippen LogP contribution is -2.57. The van der Waals surface area contributed by atoms with Crippen LogP contribution in [0.3, 0.4) is 0 Å². The quantitative estimate of drug-likeness (QED) is 0.864. The second kappa shape index (κ2) is 8.22. The number of rotatable bonds is 6. The van der Waals surface area contributed by atoms with Gasteiger partial charge in [0.2, 0.25) is 5.91 Å². The smallest absolute Gasteiger partial charge is 0.237 e. The molecule has 2 rings (SSSR count). The predicted molar refractivity (Wildman–Crippen MR) is 93.8 cm³/mol. The van der Waals surface area contributed by atoms with Crippen LogP contribution in [0, 0.1) is 12.8 Å². The molecule has 130 valence electrons. The molecule has 0 spiro atoms. The third kappa shape index (κ3) is 5.26. The highest BCUT2D eigenvalue weighted by Gasteiger charge is 2.33. The van der Waals surface area contributed by atoms with Gasteiger partial charge in [-0.05, 0) is 26.7 Å². The number of thiazole rings is 1. The van der Waals surface area contributed by atoms with E-state index in [2.05, 4.69) is 48.3 Å². The van der Waals surface area contributed by atoms with Crippen LogP contribution in [-0.4, -0.2) is 53.7 Å². The molecule has 0 saturated carbocycles. The van der Waals surface area contributed by atoms with Crippen molar-refractivity contribution in [1.82, 2.24) is 15.2 Å². The van der Waals surface area contributed by atoms with Crippen LogP contribution in [0.15, 0.2) is 5.38 Å². The van der Waals surface area contributed by atoms with Crippen molar-refractivity contribution in [3.05, 3.63) is 16.1 Å². The first-order valence-electron chi connectivity index (χ1n) is 8.45. The summed E-state index contributed by atoms with van der Waals surface area (Å²) in [5.41, 5.74) is 1.06. The Kier molecular flexibility index (Phi) is 6.56. The second-order valence-electron chi connectivity index (χ2n) is 6.80. The Bertz CT molecular complexity index is 508. The molecule has 0 bridgehead atoms. The summed E-state index contributed by atoms with van der Waals surface area (Å²) >= 11 is 1.65. The van der Waals surface area contributed by atoms with E-state index in [-0.39, 0.29) is 30.1 Å². The van der Waals surface area contributed by atoms with Crippen LogP contribution in [0.5, 0.6) is 0 Å². The van der Waals surface area contributed by atoms with Crippen LogP contribution in [0.4, 0.5) is 0 Å². The van der Waals surface area contributed by atoms with Crippen LogP contribution in [0.25, 0.3) is 0 Å². The van der Waals surface area contributed by atoms with E-state index in [1.807, 2.05) is 6.92 Å². The molecule has 0 aromatic carbocycles. The molecular formula is C17H29N3O2S. The van der Waals surface area contributed by atoms with E-state index >= 15 is 0 Å². The topological polar surface area (TPSA) is 54.5 Å². The number of nitrogens with one attached hydrogen (secondary N) is 1. The number of carbonyl (C=O) groups excluding carboxylic acids is 1. The summed E-state index contributed by atoms with van der Waals surface area (Å²) in [5, 5.41) is 6.23. The van der Waals surface area contributed by atoms with Gasteiger partial charge in [0.15, 0.2) is 0 Å². The number of morpholine rings is 1. The van der Waals surface area contributed by atoms with Gasteiger partial charge in [-0.15, -0.1) is 11.3 Å². The van der Waals surface area contributed by atoms with Crippen molar-refractivity contribution < 1.29 is 9.53 Å². The lowest BCUT2D eigenvalue weighted by Gasteiger charge is -2.41. The SMILES string of the molecule is Cc1nc(CCNC(=O)[C@H](C(C)C)N2C[C@@H](C)O[C@H](C)C2)cs1. The largest absolute Gasteiger partial charge is 0.373 e. The second-order valence-corrected chi connectivity index (χ2v) is 7.86. The highest BCUT2D eigenvalue weighted by atomic mass is 32.1. The zero-order chi connectivity index (χ0) is 17.0. The summed E-state index contributed by atoms with van der Waals surface area (Å²) in [6.07, 6.45) is 1.13. The molecule has 23 heavy (non-hydrogen) atoms. The van der Waals surface area contributed by atoms with E-state index < -0.39 is 0 Å². The van der Waals surface area contributed by atoms with Crippen LogP contribution in [0.2, 0.25) is 0 Å². The molecule has 2 heterocycles. The van der Waals surface area contributed by atoms with Gasteiger partial charge in [-0.25, -0.2) is 4.98 Å². The Labute approximate surface area is 143 Å². The van der Waals surface area contributed by atoms with E-state index in [1.165, 1.54) is 0 Å². The lowest BCUT2D eigenvalue weighted by molar-refractivity contribution is -0.135. The maximum atomic E-state index is 12.7. The van der Waals surface area contributed by atoms with Gasteiger partial charge >= 0.3 is 0 Å². The summed E-state index contributed by atoms with van der Waals surface area (Å²) in [6.45, 7) is 12.6. The molecule has 3 atom stereocenters. The summed E-state index contributed by atoms with van der Waals surface area (Å²) in [4.78, 5) is 19.4. The maximum Gasteiger partial charge on any atom is 0.237 e. The van der Waals surface area contributed by atoms with Gasteiger partial charge in [-0.2, -0.15) is 0 Å². The Morgan fingerprint density at radius 3 is 2.61 bits per heavy atom. The first-order valence-corrected chi connectivity index (χ1v) is 9.33. The van der Waals surface area contributed by atoms with E-state index in [9.17, 15) is 4.79 Å². The van der Waals surface area contributed by atoms with E-state index in [0.717, 1.165) is 30.2 Å². The van der Waals surface area contributed by atoms with Crippen LogP contribution in [0.1, 0.15) is 38.4 Å². The molecule has 0 aliphatic carbocycles. The van der Waals surface area contributed by atoms with Crippen molar-refractivity contribution in [2.24, 2.45) is 5.92 Å². The molecule has 1 aromatic heterocycles. The molecule has 0 unspecified atom stereocenters. The fourth-order valence-corrected chi connectivity index (χ4v) is 3.92. The molecule has 1 aliphatic heterocycles. The molecular weight excluding hydrogens is 310 g/mol. The van der Waals surface area contributed by atoms with Gasteiger partial charge < -0.3 is 10.1 Å². The van der Waals surface area contributed by atoms with Crippen molar-refractivity contribution in [3.63, 3.8) is 0 Å². The molecule has 1 saturated heterocycles. The zero-order valence-electron chi connectivity index (χ0n) is 14.8. The molecule has 1 N–H and O–H groups in total.